The predicted molar refractivity (Wildman–Crippen MR) is 120 cm³/mol. The fourth-order valence-electron chi connectivity index (χ4n) is 3.15. The number of hydrogen-bond acceptors (Lipinski definition) is 1. The minimum Gasteiger partial charge on any atom is -0.422 e. The Hall–Kier alpha value is 0.0200. The van der Waals surface area contributed by atoms with E-state index >= 15 is 0 Å². The van der Waals surface area contributed by atoms with E-state index in [-0.39, 0.29) is 46.8 Å². The first-order valence-corrected chi connectivity index (χ1v) is 11.9. The molecule has 3 heteroatoms. The molecular weight excluding hydrogens is 424 g/mol. The SMILES string of the molecule is CC1=[C-]C(C)(C)C(C)=C1C.CC1=[C-]C(C)(C)C(C)=C1C.C[SiH2]OC(C)C.[Zr+2]. The summed E-state index contributed by atoms with van der Waals surface area (Å²) in [5.74, 6) is 0. The minimum absolute atomic E-state index is 0. The maximum atomic E-state index is 5.18. The molecule has 0 aromatic heterocycles. The van der Waals surface area contributed by atoms with Crippen LogP contribution in [0.1, 0.15) is 83.1 Å². The third-order valence-corrected chi connectivity index (χ3v) is 6.62. The first-order valence-electron chi connectivity index (χ1n) is 9.89. The second kappa shape index (κ2) is 11.9. The summed E-state index contributed by atoms with van der Waals surface area (Å²) in [6, 6.07) is 0. The third-order valence-electron chi connectivity index (χ3n) is 5.63. The standard InChI is InChI=1S/2C10H15.C4H12OSi.Zr/c2*1-7-6-10(4,5)9(3)8(7)2;1-4(2)5-6-3;/h2*1-5H3;4H,6H2,1-3H3;/q2*-1;;+2. The molecule has 152 valence electrons. The Morgan fingerprint density at radius 3 is 1.07 bits per heavy atom. The van der Waals surface area contributed by atoms with Gasteiger partial charge < -0.3 is 4.43 Å². The van der Waals surface area contributed by atoms with Gasteiger partial charge in [0.2, 0.25) is 0 Å². The second-order valence-corrected chi connectivity index (χ2v) is 9.66. The molecule has 0 bridgehead atoms. The zero-order valence-electron chi connectivity index (χ0n) is 20.2. The zero-order valence-corrected chi connectivity index (χ0v) is 24.1. The van der Waals surface area contributed by atoms with Crippen LogP contribution in [-0.4, -0.2) is 15.9 Å². The fourth-order valence-corrected chi connectivity index (χ4v) is 3.81. The molecule has 0 aromatic carbocycles. The number of allylic oxidation sites excluding steroid dienone is 8. The molecule has 2 aliphatic carbocycles. The van der Waals surface area contributed by atoms with Crippen LogP contribution in [0.2, 0.25) is 6.55 Å². The van der Waals surface area contributed by atoms with Gasteiger partial charge in [0.05, 0.1) is 0 Å². The third kappa shape index (κ3) is 8.92. The van der Waals surface area contributed by atoms with Gasteiger partial charge in [0, 0.05) is 6.10 Å². The Kier molecular flexibility index (Phi) is 12.9. The van der Waals surface area contributed by atoms with Crippen molar-refractivity contribution in [3.63, 3.8) is 0 Å². The van der Waals surface area contributed by atoms with E-state index in [2.05, 4.69) is 102 Å². The summed E-state index contributed by atoms with van der Waals surface area (Å²) in [4.78, 5) is 0. The monoisotopic (exact) mass is 464 g/mol. The van der Waals surface area contributed by atoms with E-state index in [1.54, 1.807) is 0 Å². The average molecular weight is 466 g/mol. The van der Waals surface area contributed by atoms with E-state index in [1.807, 2.05) is 0 Å². The zero-order chi connectivity index (χ0) is 20.9. The molecule has 0 radical (unpaired) electrons. The van der Waals surface area contributed by atoms with Gasteiger partial charge in [-0.2, -0.15) is 22.3 Å². The predicted octanol–water partition coefficient (Wildman–Crippen LogP) is 6.76. The molecule has 1 nitrogen and oxygen atoms in total. The molecule has 0 atom stereocenters. The summed E-state index contributed by atoms with van der Waals surface area (Å²) in [5, 5.41) is 0. The van der Waals surface area contributed by atoms with Gasteiger partial charge in [-0.05, 0) is 13.8 Å². The normalized spacial score (nSPS) is 20.1. The van der Waals surface area contributed by atoms with Crippen LogP contribution in [0.3, 0.4) is 0 Å². The summed E-state index contributed by atoms with van der Waals surface area (Å²) in [7, 11) is -0.133. The number of hydrogen-bond donors (Lipinski definition) is 0. The van der Waals surface area contributed by atoms with E-state index < -0.39 is 0 Å². The molecule has 2 aliphatic rings. The van der Waals surface area contributed by atoms with Crippen LogP contribution in [-0.2, 0) is 30.6 Å². The van der Waals surface area contributed by atoms with Gasteiger partial charge in [-0.25, -0.2) is 11.1 Å². The first-order chi connectivity index (χ1) is 11.7. The summed E-state index contributed by atoms with van der Waals surface area (Å²) in [6.45, 7) is 28.1. The molecule has 0 saturated carbocycles. The van der Waals surface area contributed by atoms with E-state index in [0.717, 1.165) is 0 Å². The largest absolute Gasteiger partial charge is 2.00 e. The summed E-state index contributed by atoms with van der Waals surface area (Å²) >= 11 is 0. The summed E-state index contributed by atoms with van der Waals surface area (Å²) in [5.41, 5.74) is 8.79. The molecule has 0 N–H and O–H groups in total. The van der Waals surface area contributed by atoms with E-state index in [1.165, 1.54) is 33.4 Å². The van der Waals surface area contributed by atoms with Crippen molar-refractivity contribution >= 4 is 9.76 Å². The smallest absolute Gasteiger partial charge is 0.422 e. The van der Waals surface area contributed by atoms with E-state index in [4.69, 9.17) is 4.43 Å². The molecule has 0 saturated heterocycles. The van der Waals surface area contributed by atoms with Crippen LogP contribution < -0.4 is 0 Å². The van der Waals surface area contributed by atoms with Crippen molar-refractivity contribution in [2.75, 3.05) is 0 Å². The fraction of sp³-hybridized carbons (Fsp3) is 0.667. The van der Waals surface area contributed by atoms with Crippen molar-refractivity contribution in [2.45, 2.75) is 95.7 Å². The molecule has 0 spiro atoms. The van der Waals surface area contributed by atoms with Crippen LogP contribution in [0.15, 0.2) is 33.4 Å². The first kappa shape index (κ1) is 29.2. The van der Waals surface area contributed by atoms with Crippen molar-refractivity contribution in [1.29, 1.82) is 0 Å². The maximum absolute atomic E-state index is 5.18. The summed E-state index contributed by atoms with van der Waals surface area (Å²) < 4.78 is 5.18. The van der Waals surface area contributed by atoms with Gasteiger partial charge in [-0.1, -0.05) is 72.8 Å². The van der Waals surface area contributed by atoms with Gasteiger partial charge in [0.1, 0.15) is 0 Å². The molecule has 27 heavy (non-hydrogen) atoms. The van der Waals surface area contributed by atoms with Gasteiger partial charge in [-0.15, -0.1) is 13.8 Å². The molecule has 0 heterocycles. The van der Waals surface area contributed by atoms with Crippen LogP contribution in [0.4, 0.5) is 0 Å². The maximum Gasteiger partial charge on any atom is 2.00 e. The van der Waals surface area contributed by atoms with Gasteiger partial charge in [0.25, 0.3) is 0 Å². The minimum atomic E-state index is -0.133. The van der Waals surface area contributed by atoms with E-state index in [9.17, 15) is 0 Å². The summed E-state index contributed by atoms with van der Waals surface area (Å²) in [6.07, 6.45) is 7.33. The van der Waals surface area contributed by atoms with Crippen LogP contribution >= 0.6 is 0 Å². The van der Waals surface area contributed by atoms with Gasteiger partial charge in [-0.3, -0.25) is 12.2 Å². The molecule has 2 rings (SSSR count). The van der Waals surface area contributed by atoms with Crippen molar-refractivity contribution in [2.24, 2.45) is 10.8 Å². The average Bonchev–Trinajstić information content (AvgIpc) is 2.79. The van der Waals surface area contributed by atoms with Crippen molar-refractivity contribution < 1.29 is 30.6 Å². The molecule has 0 amide bonds. The Balaban J connectivity index is 0. The van der Waals surface area contributed by atoms with Crippen molar-refractivity contribution in [3.05, 3.63) is 45.6 Å². The molecule has 0 unspecified atom stereocenters. The van der Waals surface area contributed by atoms with Crippen LogP contribution in [0.5, 0.6) is 0 Å². The number of rotatable bonds is 2. The Labute approximate surface area is 191 Å². The second-order valence-electron chi connectivity index (χ2n) is 8.75. The molecule has 0 aliphatic heterocycles. The van der Waals surface area contributed by atoms with Gasteiger partial charge >= 0.3 is 26.2 Å². The molecule has 0 fully saturated rings. The Morgan fingerprint density at radius 2 is 1.04 bits per heavy atom. The van der Waals surface area contributed by atoms with E-state index in [0.29, 0.717) is 6.10 Å². The van der Waals surface area contributed by atoms with Crippen LogP contribution in [0, 0.1) is 23.0 Å². The topological polar surface area (TPSA) is 9.23 Å². The molecular formula is C24H42OSiZr. The Morgan fingerprint density at radius 1 is 0.741 bits per heavy atom. The van der Waals surface area contributed by atoms with Crippen molar-refractivity contribution in [3.8, 4) is 0 Å². The van der Waals surface area contributed by atoms with Crippen LogP contribution in [0.25, 0.3) is 0 Å². The molecule has 0 aromatic rings. The van der Waals surface area contributed by atoms with Crippen molar-refractivity contribution in [1.82, 2.24) is 0 Å². The Bertz CT molecular complexity index is 566. The van der Waals surface area contributed by atoms with Gasteiger partial charge in [0.15, 0.2) is 9.76 Å². The quantitative estimate of drug-likeness (QED) is 0.323.